The van der Waals surface area contributed by atoms with Gasteiger partial charge in [0.25, 0.3) is 0 Å². The summed E-state index contributed by atoms with van der Waals surface area (Å²) in [5.41, 5.74) is 1.97. The van der Waals surface area contributed by atoms with Gasteiger partial charge in [0.15, 0.2) is 0 Å². The molecule has 1 atom stereocenters. The van der Waals surface area contributed by atoms with E-state index in [4.69, 9.17) is 4.74 Å². The number of halogens is 3. The summed E-state index contributed by atoms with van der Waals surface area (Å²) in [7, 11) is -4.19. The lowest BCUT2D eigenvalue weighted by Gasteiger charge is -2.17. The molecule has 0 amide bonds. The maximum atomic E-state index is 12.5. The third-order valence-corrected chi connectivity index (χ3v) is 5.65. The number of sulfonamides is 1. The van der Waals surface area contributed by atoms with Gasteiger partial charge in [0, 0.05) is 12.5 Å². The van der Waals surface area contributed by atoms with Gasteiger partial charge in [-0.05, 0) is 42.7 Å². The van der Waals surface area contributed by atoms with Gasteiger partial charge in [-0.1, -0.05) is 24.3 Å². The van der Waals surface area contributed by atoms with Gasteiger partial charge in [-0.15, -0.1) is 13.2 Å². The van der Waals surface area contributed by atoms with Crippen LogP contribution in [0.3, 0.4) is 0 Å². The minimum Gasteiger partial charge on any atom is -0.493 e. The minimum atomic E-state index is -4.98. The van der Waals surface area contributed by atoms with Crippen molar-refractivity contribution in [3.05, 3.63) is 53.6 Å². The fourth-order valence-electron chi connectivity index (χ4n) is 2.97. The number of ether oxygens (including phenoxy) is 2. The van der Waals surface area contributed by atoms with Gasteiger partial charge >= 0.3 is 6.36 Å². The van der Waals surface area contributed by atoms with E-state index in [1.807, 2.05) is 18.2 Å². The summed E-state index contributed by atoms with van der Waals surface area (Å²) in [4.78, 5) is -0.559. The van der Waals surface area contributed by atoms with Crippen LogP contribution in [-0.2, 0) is 22.9 Å². The average Bonchev–Trinajstić information content (AvgIpc) is 3.00. The second-order valence-electron chi connectivity index (χ2n) is 6.26. The Morgan fingerprint density at radius 3 is 2.70 bits per heavy atom. The number of rotatable bonds is 6. The van der Waals surface area contributed by atoms with Gasteiger partial charge < -0.3 is 9.47 Å². The molecular formula is C18H18F3NO4S. The molecule has 3 rings (SSSR count). The molecule has 27 heavy (non-hydrogen) atoms. The molecule has 1 heterocycles. The Labute approximate surface area is 155 Å². The van der Waals surface area contributed by atoms with E-state index < -0.39 is 33.1 Å². The van der Waals surface area contributed by atoms with Gasteiger partial charge in [0.1, 0.15) is 16.4 Å². The van der Waals surface area contributed by atoms with Gasteiger partial charge in [-0.2, -0.15) is 0 Å². The van der Waals surface area contributed by atoms with Crippen molar-refractivity contribution < 1.29 is 31.1 Å². The van der Waals surface area contributed by atoms with Crippen molar-refractivity contribution in [2.45, 2.75) is 37.1 Å². The van der Waals surface area contributed by atoms with E-state index >= 15 is 0 Å². The van der Waals surface area contributed by atoms with Crippen molar-refractivity contribution >= 4 is 10.0 Å². The molecular weight excluding hydrogens is 383 g/mol. The monoisotopic (exact) mass is 401 g/mol. The Hall–Kier alpha value is -2.26. The molecule has 0 saturated carbocycles. The van der Waals surface area contributed by atoms with Gasteiger partial charge in [0.05, 0.1) is 6.61 Å². The first-order valence-electron chi connectivity index (χ1n) is 8.26. The zero-order chi connectivity index (χ0) is 19.7. The highest BCUT2D eigenvalue weighted by Crippen LogP contribution is 2.30. The number of alkyl halides is 3. The fraction of sp³-hybridized carbons (Fsp3) is 0.333. The first kappa shape index (κ1) is 19.5. The number of hydrogen-bond donors (Lipinski definition) is 1. The molecule has 0 radical (unpaired) electrons. The Kier molecular flexibility index (Phi) is 5.34. The van der Waals surface area contributed by atoms with Crippen molar-refractivity contribution in [2.75, 3.05) is 6.61 Å². The second kappa shape index (κ2) is 7.40. The minimum absolute atomic E-state index is 0.384. The van der Waals surface area contributed by atoms with Crippen LogP contribution in [0.15, 0.2) is 47.4 Å². The molecule has 1 aliphatic rings. The van der Waals surface area contributed by atoms with Crippen LogP contribution in [0.4, 0.5) is 13.2 Å². The summed E-state index contributed by atoms with van der Waals surface area (Å²) in [5, 5.41) is 0. The van der Waals surface area contributed by atoms with Crippen molar-refractivity contribution in [1.82, 2.24) is 4.72 Å². The highest BCUT2D eigenvalue weighted by molar-refractivity contribution is 7.89. The molecule has 2 aromatic rings. The van der Waals surface area contributed by atoms with Crippen LogP contribution in [0.1, 0.15) is 18.1 Å². The largest absolute Gasteiger partial charge is 0.573 e. The van der Waals surface area contributed by atoms with Gasteiger partial charge in [-0.25, -0.2) is 13.1 Å². The summed E-state index contributed by atoms with van der Waals surface area (Å²) in [6, 6.07) is 9.75. The van der Waals surface area contributed by atoms with Crippen LogP contribution in [0.5, 0.6) is 11.5 Å². The fourth-order valence-corrected chi connectivity index (χ4v) is 4.34. The summed E-state index contributed by atoms with van der Waals surface area (Å²) in [6.07, 6.45) is -3.80. The molecule has 0 saturated heterocycles. The van der Waals surface area contributed by atoms with E-state index in [-0.39, 0.29) is 0 Å². The van der Waals surface area contributed by atoms with E-state index in [1.54, 1.807) is 6.92 Å². The van der Waals surface area contributed by atoms with Crippen LogP contribution in [0.25, 0.3) is 0 Å². The van der Waals surface area contributed by atoms with Crippen molar-refractivity contribution in [3.8, 4) is 11.5 Å². The first-order chi connectivity index (χ1) is 12.6. The SMILES string of the molecule is C[C@@H](Cc1ccc2c(c1)CCO2)NS(=O)(=O)c1ccccc1OC(F)(F)F. The summed E-state index contributed by atoms with van der Waals surface area (Å²) < 4.78 is 74.3. The van der Waals surface area contributed by atoms with Crippen LogP contribution in [0.2, 0.25) is 0 Å². The zero-order valence-corrected chi connectivity index (χ0v) is 15.2. The summed E-state index contributed by atoms with van der Waals surface area (Å²) >= 11 is 0. The predicted molar refractivity (Wildman–Crippen MR) is 92.3 cm³/mol. The molecule has 1 aliphatic heterocycles. The van der Waals surface area contributed by atoms with Crippen LogP contribution in [0, 0.1) is 0 Å². The Balaban J connectivity index is 1.74. The zero-order valence-electron chi connectivity index (χ0n) is 14.4. The van der Waals surface area contributed by atoms with Crippen molar-refractivity contribution in [2.24, 2.45) is 0 Å². The van der Waals surface area contributed by atoms with E-state index in [1.165, 1.54) is 12.1 Å². The number of hydrogen-bond acceptors (Lipinski definition) is 4. The lowest BCUT2D eigenvalue weighted by molar-refractivity contribution is -0.275. The topological polar surface area (TPSA) is 64.6 Å². The molecule has 9 heteroatoms. The van der Waals surface area contributed by atoms with Crippen LogP contribution < -0.4 is 14.2 Å². The third-order valence-electron chi connectivity index (χ3n) is 4.02. The normalized spacial score (nSPS) is 15.1. The Bertz CT molecular complexity index is 928. The first-order valence-corrected chi connectivity index (χ1v) is 9.74. The quantitative estimate of drug-likeness (QED) is 0.806. The van der Waals surface area contributed by atoms with Gasteiger partial charge in [0.2, 0.25) is 10.0 Å². The van der Waals surface area contributed by atoms with E-state index in [9.17, 15) is 21.6 Å². The smallest absolute Gasteiger partial charge is 0.493 e. The van der Waals surface area contributed by atoms with E-state index in [0.29, 0.717) is 13.0 Å². The number of nitrogens with one attached hydrogen (secondary N) is 1. The molecule has 2 aromatic carbocycles. The third kappa shape index (κ3) is 4.92. The molecule has 146 valence electrons. The van der Waals surface area contributed by atoms with Crippen LogP contribution in [-0.4, -0.2) is 27.4 Å². The Morgan fingerprint density at radius 1 is 1.22 bits per heavy atom. The lowest BCUT2D eigenvalue weighted by Crippen LogP contribution is -2.34. The molecule has 0 bridgehead atoms. The van der Waals surface area contributed by atoms with Crippen molar-refractivity contribution in [1.29, 1.82) is 0 Å². The van der Waals surface area contributed by atoms with E-state index in [0.717, 1.165) is 35.4 Å². The Morgan fingerprint density at radius 2 is 1.96 bits per heavy atom. The molecule has 0 aliphatic carbocycles. The lowest BCUT2D eigenvalue weighted by atomic mass is 10.0. The highest BCUT2D eigenvalue weighted by atomic mass is 32.2. The van der Waals surface area contributed by atoms with E-state index in [2.05, 4.69) is 9.46 Å². The maximum Gasteiger partial charge on any atom is 0.573 e. The predicted octanol–water partition coefficient (Wildman–Crippen LogP) is 3.43. The average molecular weight is 401 g/mol. The maximum absolute atomic E-state index is 12.5. The number of para-hydroxylation sites is 1. The summed E-state index contributed by atoms with van der Waals surface area (Å²) in [6.45, 7) is 2.27. The molecule has 0 aromatic heterocycles. The number of benzene rings is 2. The second-order valence-corrected chi connectivity index (χ2v) is 7.94. The molecule has 0 fully saturated rings. The molecule has 0 spiro atoms. The molecule has 1 N–H and O–H groups in total. The summed E-state index contributed by atoms with van der Waals surface area (Å²) in [5.74, 6) is 0.0598. The van der Waals surface area contributed by atoms with Crippen molar-refractivity contribution in [3.63, 3.8) is 0 Å². The molecule has 5 nitrogen and oxygen atoms in total. The molecule has 0 unspecified atom stereocenters. The highest BCUT2D eigenvalue weighted by Gasteiger charge is 2.34. The standard InChI is InChI=1S/C18H18F3NO4S/c1-12(10-13-6-7-15-14(11-13)8-9-25-15)22-27(23,24)17-5-3-2-4-16(17)26-18(19,20)21/h2-7,11-12,22H,8-10H2,1H3/t12-/m0/s1. The number of fused-ring (bicyclic) bond motifs is 1. The van der Waals surface area contributed by atoms with Crippen LogP contribution >= 0.6 is 0 Å². The van der Waals surface area contributed by atoms with Gasteiger partial charge in [-0.3, -0.25) is 0 Å².